The van der Waals surface area contributed by atoms with Crippen molar-refractivity contribution in [1.29, 1.82) is 0 Å². The first-order valence-electron chi connectivity index (χ1n) is 12.6. The van der Waals surface area contributed by atoms with E-state index in [0.29, 0.717) is 5.41 Å². The first kappa shape index (κ1) is 17.3. The minimum absolute atomic E-state index is 0.319. The molecular weight excluding hydrogens is 402 g/mol. The van der Waals surface area contributed by atoms with Gasteiger partial charge in [0.15, 0.2) is 0 Å². The summed E-state index contributed by atoms with van der Waals surface area (Å²) in [7, 11) is 0. The largest absolute Gasteiger partial charge is 0.308 e. The lowest BCUT2D eigenvalue weighted by atomic mass is 9.47. The second-order valence-electron chi connectivity index (χ2n) is 11.3. The second kappa shape index (κ2) is 5.64. The van der Waals surface area contributed by atoms with Crippen LogP contribution in [0.5, 0.6) is 0 Å². The lowest BCUT2D eigenvalue weighted by molar-refractivity contribution is -0.00442. The molecule has 3 aromatic carbocycles. The molecule has 3 heteroatoms. The predicted octanol–water partition coefficient (Wildman–Crippen LogP) is 7.25. The molecule has 4 saturated carbocycles. The van der Waals surface area contributed by atoms with Gasteiger partial charge >= 0.3 is 0 Å². The highest BCUT2D eigenvalue weighted by molar-refractivity contribution is 6.28. The van der Waals surface area contributed by atoms with E-state index in [1.54, 1.807) is 11.9 Å². The molecule has 0 N–H and O–H groups in total. The molecule has 3 heterocycles. The standard InChI is InChI=1S/C30H25N3/c1-3-7-24-20(5-1)26-22(30-13-17-9-18(14-30)11-19(10-17)15-30)12-23-27-28(32-16-31-23)21-6-2-4-8-25(21)33(24)29(26)27/h1-8,12,16-19H,9-11,13-15H2. The molecule has 6 aromatic rings. The Morgan fingerprint density at radius 2 is 1.36 bits per heavy atom. The van der Waals surface area contributed by atoms with E-state index in [0.717, 1.165) is 28.8 Å². The van der Waals surface area contributed by atoms with Gasteiger partial charge < -0.3 is 4.40 Å². The van der Waals surface area contributed by atoms with Crippen molar-refractivity contribution < 1.29 is 0 Å². The van der Waals surface area contributed by atoms with Crippen molar-refractivity contribution in [1.82, 2.24) is 14.4 Å². The summed E-state index contributed by atoms with van der Waals surface area (Å²) in [5, 5.41) is 5.32. The van der Waals surface area contributed by atoms with Crippen molar-refractivity contribution >= 4 is 49.1 Å². The maximum Gasteiger partial charge on any atom is 0.116 e. The molecule has 3 aromatic heterocycles. The zero-order valence-electron chi connectivity index (χ0n) is 18.6. The average molecular weight is 428 g/mol. The zero-order valence-corrected chi connectivity index (χ0v) is 18.6. The molecular formula is C30H25N3. The minimum atomic E-state index is 0.319. The number of para-hydroxylation sites is 2. The number of benzene rings is 3. The summed E-state index contributed by atoms with van der Waals surface area (Å²) < 4.78 is 2.52. The molecule has 33 heavy (non-hydrogen) atoms. The van der Waals surface area contributed by atoms with Crippen LogP contribution in [0, 0.1) is 17.8 Å². The number of fused-ring (bicyclic) bond motifs is 6. The Hall–Kier alpha value is -3.20. The van der Waals surface area contributed by atoms with E-state index in [4.69, 9.17) is 9.97 Å². The first-order valence-corrected chi connectivity index (χ1v) is 12.6. The minimum Gasteiger partial charge on any atom is -0.308 e. The molecule has 160 valence electrons. The van der Waals surface area contributed by atoms with Gasteiger partial charge in [0.2, 0.25) is 0 Å². The van der Waals surface area contributed by atoms with Crippen LogP contribution in [0.1, 0.15) is 44.1 Å². The maximum atomic E-state index is 4.87. The Morgan fingerprint density at radius 3 is 2.09 bits per heavy atom. The summed E-state index contributed by atoms with van der Waals surface area (Å²) >= 11 is 0. The molecule has 4 bridgehead atoms. The molecule has 0 amide bonds. The Labute approximate surface area is 191 Å². The summed E-state index contributed by atoms with van der Waals surface area (Å²) in [5.41, 5.74) is 8.02. The summed E-state index contributed by atoms with van der Waals surface area (Å²) in [5.74, 6) is 2.76. The van der Waals surface area contributed by atoms with Crippen molar-refractivity contribution in [3.8, 4) is 0 Å². The van der Waals surface area contributed by atoms with E-state index >= 15 is 0 Å². The van der Waals surface area contributed by atoms with E-state index < -0.39 is 0 Å². The molecule has 10 rings (SSSR count). The molecule has 0 aliphatic heterocycles. The number of rotatable bonds is 1. The van der Waals surface area contributed by atoms with Crippen LogP contribution in [0.4, 0.5) is 0 Å². The third-order valence-electron chi connectivity index (χ3n) is 9.55. The van der Waals surface area contributed by atoms with Crippen LogP contribution in [-0.4, -0.2) is 14.4 Å². The number of aromatic nitrogens is 3. The van der Waals surface area contributed by atoms with E-state index in [-0.39, 0.29) is 0 Å². The highest BCUT2D eigenvalue weighted by Crippen LogP contribution is 2.62. The molecule has 0 unspecified atom stereocenters. The van der Waals surface area contributed by atoms with Crippen molar-refractivity contribution in [2.45, 2.75) is 43.9 Å². The molecule has 4 aliphatic rings. The lowest BCUT2D eigenvalue weighted by Gasteiger charge is -2.57. The monoisotopic (exact) mass is 427 g/mol. The third kappa shape index (κ3) is 2.00. The SMILES string of the molecule is c1ccc2c(c1)c1ncnc3cc(C45CC6CC(CC(C6)C4)C5)c4c5ccccc5n2c4c31. The molecule has 0 spiro atoms. The van der Waals surface area contributed by atoms with Gasteiger partial charge in [-0.15, -0.1) is 0 Å². The van der Waals surface area contributed by atoms with Crippen LogP contribution in [0.15, 0.2) is 60.9 Å². The fraction of sp³-hybridized carbons (Fsp3) is 0.333. The fourth-order valence-electron chi connectivity index (χ4n) is 8.88. The Bertz CT molecular complexity index is 1720. The first-order chi connectivity index (χ1) is 16.3. The van der Waals surface area contributed by atoms with Crippen LogP contribution in [0.3, 0.4) is 0 Å². The number of hydrogen-bond donors (Lipinski definition) is 0. The van der Waals surface area contributed by atoms with Gasteiger partial charge in [-0.1, -0.05) is 36.4 Å². The molecule has 0 atom stereocenters. The quantitative estimate of drug-likeness (QED) is 0.204. The van der Waals surface area contributed by atoms with E-state index in [1.165, 1.54) is 76.6 Å². The van der Waals surface area contributed by atoms with E-state index in [9.17, 15) is 0 Å². The normalized spacial score (nSPS) is 28.9. The topological polar surface area (TPSA) is 30.2 Å². The van der Waals surface area contributed by atoms with Crippen molar-refractivity contribution in [2.75, 3.05) is 0 Å². The average Bonchev–Trinajstić information content (AvgIpc) is 3.18. The highest BCUT2D eigenvalue weighted by atomic mass is 14.9. The van der Waals surface area contributed by atoms with Gasteiger partial charge in [0.05, 0.1) is 33.0 Å². The van der Waals surface area contributed by atoms with Crippen LogP contribution in [0.2, 0.25) is 0 Å². The van der Waals surface area contributed by atoms with Crippen LogP contribution in [-0.2, 0) is 5.41 Å². The second-order valence-corrected chi connectivity index (χ2v) is 11.3. The Morgan fingerprint density at radius 1 is 0.727 bits per heavy atom. The Balaban J connectivity index is 1.55. The highest BCUT2D eigenvalue weighted by Gasteiger charge is 2.52. The van der Waals surface area contributed by atoms with Gasteiger partial charge in [-0.2, -0.15) is 0 Å². The van der Waals surface area contributed by atoms with Gasteiger partial charge in [-0.05, 0) is 85.5 Å². The van der Waals surface area contributed by atoms with Crippen molar-refractivity contribution in [3.05, 3.63) is 66.5 Å². The Kier molecular flexibility index (Phi) is 2.96. The van der Waals surface area contributed by atoms with E-state index in [2.05, 4.69) is 59.0 Å². The summed E-state index contributed by atoms with van der Waals surface area (Å²) in [4.78, 5) is 9.70. The van der Waals surface area contributed by atoms with Crippen LogP contribution < -0.4 is 0 Å². The van der Waals surface area contributed by atoms with Gasteiger partial charge in [0, 0.05) is 16.2 Å². The lowest BCUT2D eigenvalue weighted by Crippen LogP contribution is -2.48. The van der Waals surface area contributed by atoms with E-state index in [1.807, 2.05) is 0 Å². The molecule has 4 aliphatic carbocycles. The fourth-order valence-corrected chi connectivity index (χ4v) is 8.88. The van der Waals surface area contributed by atoms with Crippen molar-refractivity contribution in [3.63, 3.8) is 0 Å². The van der Waals surface area contributed by atoms with Gasteiger partial charge in [-0.25, -0.2) is 9.97 Å². The molecule has 3 nitrogen and oxygen atoms in total. The van der Waals surface area contributed by atoms with Gasteiger partial charge in [0.25, 0.3) is 0 Å². The zero-order chi connectivity index (χ0) is 21.3. The number of pyridine rings is 1. The smallest absolute Gasteiger partial charge is 0.116 e. The number of nitrogens with zero attached hydrogens (tertiary/aromatic N) is 3. The maximum absolute atomic E-state index is 4.87. The molecule has 4 fully saturated rings. The van der Waals surface area contributed by atoms with Gasteiger partial charge in [0.1, 0.15) is 6.33 Å². The predicted molar refractivity (Wildman–Crippen MR) is 134 cm³/mol. The summed E-state index contributed by atoms with van der Waals surface area (Å²) in [6, 6.07) is 20.3. The number of hydrogen-bond acceptors (Lipinski definition) is 2. The third-order valence-corrected chi connectivity index (χ3v) is 9.55. The van der Waals surface area contributed by atoms with Gasteiger partial charge in [-0.3, -0.25) is 0 Å². The molecule has 0 saturated heterocycles. The molecule has 0 radical (unpaired) electrons. The van der Waals surface area contributed by atoms with Crippen molar-refractivity contribution in [2.24, 2.45) is 17.8 Å². The van der Waals surface area contributed by atoms with Crippen LogP contribution >= 0.6 is 0 Å². The van der Waals surface area contributed by atoms with Crippen LogP contribution in [0.25, 0.3) is 49.1 Å². The summed E-state index contributed by atoms with van der Waals surface area (Å²) in [6.45, 7) is 0. The summed E-state index contributed by atoms with van der Waals surface area (Å²) in [6.07, 6.45) is 10.3.